The van der Waals surface area contributed by atoms with Gasteiger partial charge in [-0.15, -0.1) is 0 Å². The highest BCUT2D eigenvalue weighted by Crippen LogP contribution is 2.50. The molecule has 0 amide bonds. The van der Waals surface area contributed by atoms with Crippen molar-refractivity contribution < 1.29 is 18.1 Å². The van der Waals surface area contributed by atoms with Gasteiger partial charge in [0.2, 0.25) is 0 Å². The van der Waals surface area contributed by atoms with Gasteiger partial charge in [-0.05, 0) is 19.3 Å². The van der Waals surface area contributed by atoms with Crippen molar-refractivity contribution in [2.75, 3.05) is 19.8 Å². The SMILES string of the molecule is CCCCCCCCCCCCCCCCCCOP(=O)(OCCCCCCCCCCCCCCCCCC)OCCCCCCCCCCCCCCCCCC. The maximum absolute atomic E-state index is 13.6. The summed E-state index contributed by atoms with van der Waals surface area (Å²) < 4.78 is 31.4. The van der Waals surface area contributed by atoms with Crippen LogP contribution in [0.1, 0.15) is 329 Å². The highest BCUT2D eigenvalue weighted by molar-refractivity contribution is 7.48. The second-order valence-electron chi connectivity index (χ2n) is 18.9. The fourth-order valence-electron chi connectivity index (χ4n) is 8.59. The molecule has 0 bridgehead atoms. The Hall–Kier alpha value is 0.110. The first-order chi connectivity index (χ1) is 29.2. The second kappa shape index (κ2) is 52.5. The molecular weight excluding hydrogens is 744 g/mol. The maximum Gasteiger partial charge on any atom is 0.474 e. The molecule has 0 aromatic heterocycles. The van der Waals surface area contributed by atoms with Gasteiger partial charge in [0.15, 0.2) is 0 Å². The van der Waals surface area contributed by atoms with E-state index in [-0.39, 0.29) is 0 Å². The van der Waals surface area contributed by atoms with Gasteiger partial charge in [-0.1, -0.05) is 310 Å². The summed E-state index contributed by atoms with van der Waals surface area (Å²) in [6, 6.07) is 0. The van der Waals surface area contributed by atoms with Crippen molar-refractivity contribution in [1.82, 2.24) is 0 Å². The van der Waals surface area contributed by atoms with Crippen LogP contribution in [0.3, 0.4) is 0 Å². The van der Waals surface area contributed by atoms with E-state index >= 15 is 0 Å². The van der Waals surface area contributed by atoms with Gasteiger partial charge in [0.25, 0.3) is 0 Å². The standard InChI is InChI=1S/C54H111O4P/c1-4-7-10-13-16-19-22-25-28-31-34-37-40-43-46-49-52-56-59(55,57-53-50-47-44-41-38-35-32-29-26-23-20-17-14-11-8-5-2)58-54-51-48-45-42-39-36-33-30-27-24-21-18-15-12-9-6-3/h4-54H2,1-3H3. The van der Waals surface area contributed by atoms with Crippen molar-refractivity contribution in [3.8, 4) is 0 Å². The Bertz CT molecular complexity index is 690. The third-order valence-electron chi connectivity index (χ3n) is 12.7. The van der Waals surface area contributed by atoms with Gasteiger partial charge in [0.1, 0.15) is 0 Å². The minimum Gasteiger partial charge on any atom is -0.287 e. The molecule has 0 aliphatic rings. The molecule has 356 valence electrons. The summed E-state index contributed by atoms with van der Waals surface area (Å²) in [4.78, 5) is 0. The fourth-order valence-corrected chi connectivity index (χ4v) is 9.87. The van der Waals surface area contributed by atoms with E-state index in [0.717, 1.165) is 38.5 Å². The molecule has 0 aromatic carbocycles. The number of hydrogen-bond acceptors (Lipinski definition) is 4. The molecular formula is C54H111O4P. The van der Waals surface area contributed by atoms with Crippen molar-refractivity contribution >= 4 is 7.82 Å². The third kappa shape index (κ3) is 50.6. The minimum absolute atomic E-state index is 0.480. The first-order valence-corrected chi connectivity index (χ1v) is 29.2. The predicted octanol–water partition coefficient (Wildman–Crippen LogP) is 20.9. The van der Waals surface area contributed by atoms with Crippen molar-refractivity contribution in [3.05, 3.63) is 0 Å². The lowest BCUT2D eigenvalue weighted by atomic mass is 10.0. The summed E-state index contributed by atoms with van der Waals surface area (Å²) in [5.41, 5.74) is 0. The van der Waals surface area contributed by atoms with Gasteiger partial charge in [0, 0.05) is 0 Å². The molecule has 0 aliphatic heterocycles. The Labute approximate surface area is 373 Å². The van der Waals surface area contributed by atoms with E-state index in [1.807, 2.05) is 0 Å². The number of unbranched alkanes of at least 4 members (excludes halogenated alkanes) is 45. The van der Waals surface area contributed by atoms with E-state index in [1.54, 1.807) is 0 Å². The molecule has 59 heavy (non-hydrogen) atoms. The van der Waals surface area contributed by atoms with Crippen LogP contribution in [0.25, 0.3) is 0 Å². The largest absolute Gasteiger partial charge is 0.474 e. The molecule has 0 N–H and O–H groups in total. The Kier molecular flexibility index (Phi) is 52.6. The molecule has 4 nitrogen and oxygen atoms in total. The van der Waals surface area contributed by atoms with Crippen LogP contribution < -0.4 is 0 Å². The van der Waals surface area contributed by atoms with E-state index in [4.69, 9.17) is 13.6 Å². The van der Waals surface area contributed by atoms with Crippen LogP contribution in [0.2, 0.25) is 0 Å². The van der Waals surface area contributed by atoms with Crippen LogP contribution in [0.5, 0.6) is 0 Å². The van der Waals surface area contributed by atoms with E-state index in [2.05, 4.69) is 20.8 Å². The van der Waals surface area contributed by atoms with Crippen molar-refractivity contribution in [2.45, 2.75) is 329 Å². The van der Waals surface area contributed by atoms with E-state index in [1.165, 1.54) is 270 Å². The first-order valence-electron chi connectivity index (χ1n) is 27.7. The molecule has 0 aromatic rings. The summed E-state index contributed by atoms with van der Waals surface area (Å²) in [6.45, 7) is 8.33. The molecule has 0 heterocycles. The molecule has 0 radical (unpaired) electrons. The van der Waals surface area contributed by atoms with Gasteiger partial charge < -0.3 is 0 Å². The number of rotatable bonds is 54. The van der Waals surface area contributed by atoms with Crippen molar-refractivity contribution in [2.24, 2.45) is 0 Å². The van der Waals surface area contributed by atoms with Crippen LogP contribution in [0.4, 0.5) is 0 Å². The van der Waals surface area contributed by atoms with Gasteiger partial charge >= 0.3 is 7.82 Å². The van der Waals surface area contributed by atoms with Crippen molar-refractivity contribution in [1.29, 1.82) is 0 Å². The lowest BCUT2D eigenvalue weighted by Gasteiger charge is -2.18. The Morgan fingerprint density at radius 2 is 0.322 bits per heavy atom. The van der Waals surface area contributed by atoms with Gasteiger partial charge in [0.05, 0.1) is 19.8 Å². The lowest BCUT2D eigenvalue weighted by Crippen LogP contribution is -2.04. The quantitative estimate of drug-likeness (QED) is 0.0452. The number of phosphoric acid groups is 1. The normalized spacial score (nSPS) is 12.0. The van der Waals surface area contributed by atoms with Crippen LogP contribution in [0.15, 0.2) is 0 Å². The third-order valence-corrected chi connectivity index (χ3v) is 14.2. The Balaban J connectivity index is 4.08. The van der Waals surface area contributed by atoms with Gasteiger partial charge in [-0.2, -0.15) is 0 Å². The molecule has 5 heteroatoms. The summed E-state index contributed by atoms with van der Waals surface area (Å²) in [5.74, 6) is 0. The number of hydrogen-bond donors (Lipinski definition) is 0. The van der Waals surface area contributed by atoms with E-state index < -0.39 is 7.82 Å². The molecule has 0 fully saturated rings. The number of phosphoric ester groups is 1. The van der Waals surface area contributed by atoms with Crippen molar-refractivity contribution in [3.63, 3.8) is 0 Å². The molecule has 0 spiro atoms. The lowest BCUT2D eigenvalue weighted by molar-refractivity contribution is 0.108. The zero-order chi connectivity index (χ0) is 42.7. The minimum atomic E-state index is -3.49. The summed E-state index contributed by atoms with van der Waals surface area (Å²) in [6.07, 6.45) is 64.6. The second-order valence-corrected chi connectivity index (χ2v) is 20.5. The first kappa shape index (κ1) is 59.1. The fraction of sp³-hybridized carbons (Fsp3) is 1.00. The molecule has 0 aliphatic carbocycles. The monoisotopic (exact) mass is 855 g/mol. The predicted molar refractivity (Wildman–Crippen MR) is 264 cm³/mol. The average Bonchev–Trinajstić information content (AvgIpc) is 3.24. The highest BCUT2D eigenvalue weighted by atomic mass is 31.2. The van der Waals surface area contributed by atoms with Crippen LogP contribution in [0, 0.1) is 0 Å². The maximum atomic E-state index is 13.6. The Morgan fingerprint density at radius 1 is 0.203 bits per heavy atom. The summed E-state index contributed by atoms with van der Waals surface area (Å²) >= 11 is 0. The Morgan fingerprint density at radius 3 is 0.458 bits per heavy atom. The summed E-state index contributed by atoms with van der Waals surface area (Å²) in [7, 11) is -3.49. The topological polar surface area (TPSA) is 44.8 Å². The molecule has 0 rings (SSSR count). The molecule has 0 saturated carbocycles. The van der Waals surface area contributed by atoms with Gasteiger partial charge in [-0.25, -0.2) is 4.57 Å². The smallest absolute Gasteiger partial charge is 0.287 e. The average molecular weight is 855 g/mol. The van der Waals surface area contributed by atoms with E-state index in [0.29, 0.717) is 19.8 Å². The highest BCUT2D eigenvalue weighted by Gasteiger charge is 2.26. The zero-order valence-corrected chi connectivity index (χ0v) is 42.0. The van der Waals surface area contributed by atoms with Gasteiger partial charge in [-0.3, -0.25) is 13.6 Å². The molecule has 0 saturated heterocycles. The summed E-state index contributed by atoms with van der Waals surface area (Å²) in [5, 5.41) is 0. The van der Waals surface area contributed by atoms with E-state index in [9.17, 15) is 4.57 Å². The van der Waals surface area contributed by atoms with Crippen LogP contribution in [-0.2, 0) is 18.1 Å². The molecule has 0 atom stereocenters. The van der Waals surface area contributed by atoms with Crippen LogP contribution >= 0.6 is 7.82 Å². The van der Waals surface area contributed by atoms with Crippen LogP contribution in [-0.4, -0.2) is 19.8 Å². The zero-order valence-electron chi connectivity index (χ0n) is 41.1. The molecule has 0 unspecified atom stereocenters.